The van der Waals surface area contributed by atoms with Gasteiger partial charge in [-0.3, -0.25) is 9.59 Å². The Balaban J connectivity index is 1.94. The molecule has 0 fully saturated rings. The molecule has 0 aromatic heterocycles. The van der Waals surface area contributed by atoms with Gasteiger partial charge in [-0.15, -0.1) is 0 Å². The van der Waals surface area contributed by atoms with Gasteiger partial charge in [0, 0.05) is 24.5 Å². The molecule has 2 aromatic rings. The summed E-state index contributed by atoms with van der Waals surface area (Å²) in [6, 6.07) is 15.0. The Labute approximate surface area is 175 Å². The maximum atomic E-state index is 12.8. The lowest BCUT2D eigenvalue weighted by Crippen LogP contribution is -2.46. The van der Waals surface area contributed by atoms with Crippen molar-refractivity contribution < 1.29 is 14.3 Å². The number of hydrogen-bond acceptors (Lipinski definition) is 3. The lowest BCUT2D eigenvalue weighted by molar-refractivity contribution is -0.140. The van der Waals surface area contributed by atoms with E-state index in [2.05, 4.69) is 21.2 Å². The van der Waals surface area contributed by atoms with E-state index in [1.807, 2.05) is 55.5 Å². The van der Waals surface area contributed by atoms with Gasteiger partial charge >= 0.3 is 0 Å². The van der Waals surface area contributed by atoms with Crippen LogP contribution in [-0.2, 0) is 16.1 Å². The van der Waals surface area contributed by atoms with Crippen molar-refractivity contribution in [1.82, 2.24) is 10.2 Å². The number of ether oxygens (including phenoxy) is 1. The Hall–Kier alpha value is -2.34. The molecule has 0 radical (unpaired) electrons. The average molecular weight is 447 g/mol. The van der Waals surface area contributed by atoms with Crippen molar-refractivity contribution in [2.24, 2.45) is 0 Å². The summed E-state index contributed by atoms with van der Waals surface area (Å²) in [5.41, 5.74) is 2.15. The van der Waals surface area contributed by atoms with Gasteiger partial charge in [0.2, 0.25) is 11.8 Å². The molecule has 0 spiro atoms. The molecule has 0 aliphatic heterocycles. The fraction of sp³-hybridized carbons (Fsp3) is 0.364. The van der Waals surface area contributed by atoms with Crippen LogP contribution in [0.1, 0.15) is 30.9 Å². The molecule has 0 heterocycles. The Bertz CT molecular complexity index is 775. The van der Waals surface area contributed by atoms with Gasteiger partial charge in [-0.1, -0.05) is 45.8 Å². The van der Waals surface area contributed by atoms with E-state index in [4.69, 9.17) is 4.74 Å². The highest BCUT2D eigenvalue weighted by molar-refractivity contribution is 9.10. The minimum Gasteiger partial charge on any atom is -0.494 e. The summed E-state index contributed by atoms with van der Waals surface area (Å²) in [6.45, 7) is 4.61. The Morgan fingerprint density at radius 2 is 1.75 bits per heavy atom. The van der Waals surface area contributed by atoms with Crippen LogP contribution in [0.4, 0.5) is 0 Å². The maximum Gasteiger partial charge on any atom is 0.242 e. The van der Waals surface area contributed by atoms with Crippen molar-refractivity contribution in [2.75, 3.05) is 13.7 Å². The molecule has 28 heavy (non-hydrogen) atoms. The summed E-state index contributed by atoms with van der Waals surface area (Å²) >= 11 is 3.41. The van der Waals surface area contributed by atoms with Crippen molar-refractivity contribution in [2.45, 2.75) is 39.3 Å². The Morgan fingerprint density at radius 3 is 2.36 bits per heavy atom. The van der Waals surface area contributed by atoms with Crippen LogP contribution in [0.25, 0.3) is 0 Å². The zero-order valence-corrected chi connectivity index (χ0v) is 18.2. The third kappa shape index (κ3) is 6.68. The molecule has 2 rings (SSSR count). The fourth-order valence-electron chi connectivity index (χ4n) is 2.77. The number of rotatable bonds is 9. The summed E-state index contributed by atoms with van der Waals surface area (Å²) in [4.78, 5) is 26.5. The van der Waals surface area contributed by atoms with E-state index in [-0.39, 0.29) is 11.8 Å². The number of nitrogens with one attached hydrogen (secondary N) is 1. The maximum absolute atomic E-state index is 12.8. The van der Waals surface area contributed by atoms with Crippen LogP contribution in [-0.4, -0.2) is 36.4 Å². The molecule has 2 aromatic carbocycles. The van der Waals surface area contributed by atoms with Crippen LogP contribution < -0.4 is 10.1 Å². The third-order valence-electron chi connectivity index (χ3n) is 4.50. The predicted molar refractivity (Wildman–Crippen MR) is 114 cm³/mol. The van der Waals surface area contributed by atoms with Crippen LogP contribution in [0.15, 0.2) is 53.0 Å². The normalized spacial score (nSPS) is 11.6. The van der Waals surface area contributed by atoms with Gasteiger partial charge in [0.05, 0.1) is 6.61 Å². The van der Waals surface area contributed by atoms with Gasteiger partial charge in [-0.2, -0.15) is 0 Å². The molecule has 150 valence electrons. The minimum atomic E-state index is -0.542. The lowest BCUT2D eigenvalue weighted by atomic mass is 10.1. The van der Waals surface area contributed by atoms with Crippen molar-refractivity contribution in [1.29, 1.82) is 0 Å². The standard InChI is InChI=1S/C22H27BrN2O3/c1-16-6-12-20(13-7-16)28-14-4-5-21(26)25(17(2)22(27)24-3)15-18-8-10-19(23)11-9-18/h6-13,17H,4-5,14-15H2,1-3H3,(H,24,27)/t17-/m1/s1. The molecule has 5 nitrogen and oxygen atoms in total. The number of nitrogens with zero attached hydrogens (tertiary/aromatic N) is 1. The van der Waals surface area contributed by atoms with E-state index in [1.54, 1.807) is 18.9 Å². The second-order valence-electron chi connectivity index (χ2n) is 6.70. The van der Waals surface area contributed by atoms with E-state index in [0.717, 1.165) is 15.8 Å². The van der Waals surface area contributed by atoms with E-state index in [0.29, 0.717) is 26.0 Å². The van der Waals surface area contributed by atoms with Gasteiger partial charge in [0.15, 0.2) is 0 Å². The predicted octanol–water partition coefficient (Wildman–Crippen LogP) is 4.08. The Kier molecular flexibility index (Phi) is 8.51. The van der Waals surface area contributed by atoms with Gasteiger partial charge in [0.1, 0.15) is 11.8 Å². The second kappa shape index (κ2) is 10.9. The molecular weight excluding hydrogens is 420 g/mol. The topological polar surface area (TPSA) is 58.6 Å². The zero-order valence-electron chi connectivity index (χ0n) is 16.6. The highest BCUT2D eigenvalue weighted by Crippen LogP contribution is 2.16. The summed E-state index contributed by atoms with van der Waals surface area (Å²) in [5.74, 6) is 0.552. The molecule has 0 bridgehead atoms. The van der Waals surface area contributed by atoms with Crippen molar-refractivity contribution >= 4 is 27.7 Å². The molecule has 6 heteroatoms. The van der Waals surface area contributed by atoms with Gasteiger partial charge < -0.3 is 15.0 Å². The average Bonchev–Trinajstić information content (AvgIpc) is 2.70. The summed E-state index contributed by atoms with van der Waals surface area (Å²) in [7, 11) is 1.58. The summed E-state index contributed by atoms with van der Waals surface area (Å²) < 4.78 is 6.67. The van der Waals surface area contributed by atoms with Gasteiger partial charge in [-0.25, -0.2) is 0 Å². The van der Waals surface area contributed by atoms with E-state index in [9.17, 15) is 9.59 Å². The van der Waals surface area contributed by atoms with Crippen LogP contribution in [0, 0.1) is 6.92 Å². The Morgan fingerprint density at radius 1 is 1.11 bits per heavy atom. The number of halogens is 1. The highest BCUT2D eigenvalue weighted by Gasteiger charge is 2.25. The number of benzene rings is 2. The van der Waals surface area contributed by atoms with Crippen LogP contribution >= 0.6 is 15.9 Å². The van der Waals surface area contributed by atoms with E-state index >= 15 is 0 Å². The zero-order chi connectivity index (χ0) is 20.5. The van der Waals surface area contributed by atoms with Crippen LogP contribution in [0.3, 0.4) is 0 Å². The van der Waals surface area contributed by atoms with Gasteiger partial charge in [0.25, 0.3) is 0 Å². The van der Waals surface area contributed by atoms with E-state index in [1.165, 1.54) is 5.56 Å². The molecule has 0 unspecified atom stereocenters. The molecule has 1 atom stereocenters. The summed E-state index contributed by atoms with van der Waals surface area (Å²) in [5, 5.41) is 2.62. The number of aryl methyl sites for hydroxylation is 1. The molecule has 1 N–H and O–H groups in total. The molecule has 0 aliphatic rings. The first kappa shape index (κ1) is 22.0. The highest BCUT2D eigenvalue weighted by atomic mass is 79.9. The number of amides is 2. The monoisotopic (exact) mass is 446 g/mol. The molecule has 0 saturated carbocycles. The van der Waals surface area contributed by atoms with Crippen LogP contribution in [0.2, 0.25) is 0 Å². The minimum absolute atomic E-state index is 0.0634. The lowest BCUT2D eigenvalue weighted by Gasteiger charge is -2.28. The largest absolute Gasteiger partial charge is 0.494 e. The number of carbonyl (C=O) groups is 2. The number of carbonyl (C=O) groups excluding carboxylic acids is 2. The molecule has 2 amide bonds. The third-order valence-corrected chi connectivity index (χ3v) is 5.03. The van der Waals surface area contributed by atoms with Gasteiger partial charge in [-0.05, 0) is 50.1 Å². The first-order chi connectivity index (χ1) is 13.4. The van der Waals surface area contributed by atoms with Crippen molar-refractivity contribution in [3.63, 3.8) is 0 Å². The smallest absolute Gasteiger partial charge is 0.242 e. The second-order valence-corrected chi connectivity index (χ2v) is 7.62. The number of hydrogen-bond donors (Lipinski definition) is 1. The SMILES string of the molecule is CNC(=O)[C@@H](C)N(Cc1ccc(Br)cc1)C(=O)CCCOc1ccc(C)cc1. The van der Waals surface area contributed by atoms with E-state index < -0.39 is 6.04 Å². The fourth-order valence-corrected chi connectivity index (χ4v) is 3.03. The van der Waals surface area contributed by atoms with Crippen LogP contribution in [0.5, 0.6) is 5.75 Å². The van der Waals surface area contributed by atoms with Crippen molar-refractivity contribution in [3.05, 3.63) is 64.1 Å². The quantitative estimate of drug-likeness (QED) is 0.590. The number of likely N-dealkylation sites (N-methyl/N-ethyl adjacent to an activating group) is 1. The van der Waals surface area contributed by atoms with Crippen molar-refractivity contribution in [3.8, 4) is 5.75 Å². The first-order valence-corrected chi connectivity index (χ1v) is 10.1. The molecular formula is C22H27BrN2O3. The summed E-state index contributed by atoms with van der Waals surface area (Å²) in [6.07, 6.45) is 0.910. The first-order valence-electron chi connectivity index (χ1n) is 9.35. The molecule has 0 saturated heterocycles. The molecule has 0 aliphatic carbocycles.